The normalized spacial score (nSPS) is 19.3. The molecule has 0 radical (unpaired) electrons. The Balaban J connectivity index is 1.84. The van der Waals surface area contributed by atoms with Crippen LogP contribution in [0, 0.1) is 6.92 Å². The van der Waals surface area contributed by atoms with Crippen molar-refractivity contribution in [3.8, 4) is 23.1 Å². The lowest BCUT2D eigenvalue weighted by Gasteiger charge is -2.10. The number of sulfone groups is 1. The van der Waals surface area contributed by atoms with Crippen molar-refractivity contribution < 1.29 is 12.8 Å². The Morgan fingerprint density at radius 2 is 2.20 bits per heavy atom. The molecule has 0 unspecified atom stereocenters. The number of aromatic amines is 1. The fraction of sp³-hybridized carbons (Fsp3) is 0.333. The maximum atomic E-state index is 11.8. The van der Waals surface area contributed by atoms with Crippen molar-refractivity contribution in [1.82, 2.24) is 24.7 Å². The highest BCUT2D eigenvalue weighted by Crippen LogP contribution is 2.29. The number of hydrogen-bond acceptors (Lipinski definition) is 7. The lowest BCUT2D eigenvalue weighted by Crippen LogP contribution is -2.15. The van der Waals surface area contributed by atoms with Gasteiger partial charge in [0.25, 0.3) is 5.56 Å². The molecule has 4 rings (SSSR count). The van der Waals surface area contributed by atoms with Crippen LogP contribution in [0.1, 0.15) is 18.2 Å². The van der Waals surface area contributed by atoms with Gasteiger partial charge in [0.2, 0.25) is 5.82 Å². The van der Waals surface area contributed by atoms with Crippen LogP contribution in [0.4, 0.5) is 0 Å². The largest absolute Gasteiger partial charge is 0.458 e. The quantitative estimate of drug-likeness (QED) is 0.736. The summed E-state index contributed by atoms with van der Waals surface area (Å²) in [6.45, 7) is 1.81. The average molecular weight is 361 g/mol. The van der Waals surface area contributed by atoms with E-state index in [2.05, 4.69) is 20.1 Å². The molecule has 4 heterocycles. The topological polar surface area (TPSA) is 124 Å². The third kappa shape index (κ3) is 3.00. The van der Waals surface area contributed by atoms with Crippen molar-refractivity contribution >= 4 is 9.84 Å². The molecule has 1 atom stereocenters. The summed E-state index contributed by atoms with van der Waals surface area (Å²) in [5.41, 5.74) is 0.0751. The third-order valence-electron chi connectivity index (χ3n) is 4.05. The van der Waals surface area contributed by atoms with E-state index in [4.69, 9.17) is 4.42 Å². The van der Waals surface area contributed by atoms with Crippen LogP contribution >= 0.6 is 0 Å². The van der Waals surface area contributed by atoms with Gasteiger partial charge in [-0.05, 0) is 25.5 Å². The summed E-state index contributed by atoms with van der Waals surface area (Å²) >= 11 is 0. The summed E-state index contributed by atoms with van der Waals surface area (Å²) in [4.78, 5) is 22.3. The molecule has 1 N–H and O–H groups in total. The summed E-state index contributed by atoms with van der Waals surface area (Å²) in [6, 6.07) is 3.23. The first kappa shape index (κ1) is 15.8. The smallest absolute Gasteiger partial charge is 0.266 e. The predicted octanol–water partition coefficient (Wildman–Crippen LogP) is 0.956. The van der Waals surface area contributed by atoms with Crippen molar-refractivity contribution in [3.63, 3.8) is 0 Å². The maximum Gasteiger partial charge on any atom is 0.266 e. The zero-order valence-corrected chi connectivity index (χ0v) is 14.2. The first-order valence-electron chi connectivity index (χ1n) is 7.70. The highest BCUT2D eigenvalue weighted by molar-refractivity contribution is 7.91. The molecule has 0 bridgehead atoms. The van der Waals surface area contributed by atoms with Crippen LogP contribution in [0.25, 0.3) is 23.1 Å². The van der Waals surface area contributed by atoms with Gasteiger partial charge in [-0.15, -0.1) is 5.10 Å². The molecule has 3 aromatic rings. The minimum Gasteiger partial charge on any atom is -0.458 e. The number of nitrogens with zero attached hydrogens (tertiary/aromatic N) is 4. The molecule has 9 nitrogen and oxygen atoms in total. The van der Waals surface area contributed by atoms with Crippen molar-refractivity contribution in [2.45, 2.75) is 19.4 Å². The highest BCUT2D eigenvalue weighted by atomic mass is 32.2. The zero-order chi connectivity index (χ0) is 17.6. The zero-order valence-electron chi connectivity index (χ0n) is 13.3. The summed E-state index contributed by atoms with van der Waals surface area (Å²) in [5.74, 6) is 2.07. The second kappa shape index (κ2) is 5.66. The van der Waals surface area contributed by atoms with Crippen molar-refractivity contribution in [2.75, 3.05) is 11.5 Å². The summed E-state index contributed by atoms with van der Waals surface area (Å²) in [5, 5.41) is 4.46. The van der Waals surface area contributed by atoms with Crippen LogP contribution < -0.4 is 5.56 Å². The van der Waals surface area contributed by atoms with Crippen LogP contribution in [0.2, 0.25) is 0 Å². The number of furan rings is 1. The van der Waals surface area contributed by atoms with Gasteiger partial charge in [0, 0.05) is 6.20 Å². The van der Waals surface area contributed by atoms with E-state index >= 15 is 0 Å². The minimum atomic E-state index is -3.09. The highest BCUT2D eigenvalue weighted by Gasteiger charge is 2.32. The van der Waals surface area contributed by atoms with E-state index < -0.39 is 9.84 Å². The van der Waals surface area contributed by atoms with E-state index in [1.807, 2.05) is 6.92 Å². The molecule has 3 aromatic heterocycles. The van der Waals surface area contributed by atoms with E-state index in [0.29, 0.717) is 29.5 Å². The average Bonchev–Trinajstić information content (AvgIpc) is 3.26. The van der Waals surface area contributed by atoms with Gasteiger partial charge in [-0.25, -0.2) is 23.1 Å². The summed E-state index contributed by atoms with van der Waals surface area (Å²) in [6.07, 6.45) is 3.04. The SMILES string of the molecule is Cc1ccc(-c2nc(-c3c[nH]c(=O)cn3)n([C@H]3CCS(=O)(=O)C3)n2)o1. The molecule has 10 heteroatoms. The number of nitrogens with one attached hydrogen (secondary N) is 1. The number of H-pyrrole nitrogens is 1. The Hall–Kier alpha value is -2.75. The molecule has 25 heavy (non-hydrogen) atoms. The lowest BCUT2D eigenvalue weighted by molar-refractivity contribution is 0.499. The number of aromatic nitrogens is 5. The number of hydrogen-bond donors (Lipinski definition) is 1. The Bertz CT molecular complexity index is 1070. The van der Waals surface area contributed by atoms with Gasteiger partial charge >= 0.3 is 0 Å². The molecule has 1 saturated heterocycles. The molecule has 0 aromatic carbocycles. The molecular formula is C15H15N5O4S. The van der Waals surface area contributed by atoms with Crippen molar-refractivity contribution in [1.29, 1.82) is 0 Å². The molecule has 0 amide bonds. The fourth-order valence-corrected chi connectivity index (χ4v) is 4.54. The van der Waals surface area contributed by atoms with Crippen molar-refractivity contribution in [3.05, 3.63) is 40.6 Å². The molecule has 0 aliphatic carbocycles. The standard InChI is InChI=1S/C15H15N5O4S/c1-9-2-3-12(24-9)14-18-15(11-6-17-13(21)7-16-11)20(19-14)10-4-5-25(22,23)8-10/h2-3,6-7,10H,4-5,8H2,1H3,(H,17,21)/t10-/m0/s1. The molecule has 0 spiro atoms. The molecule has 1 fully saturated rings. The van der Waals surface area contributed by atoms with Gasteiger partial charge in [-0.2, -0.15) is 0 Å². The Kier molecular flexibility index (Phi) is 3.57. The Morgan fingerprint density at radius 3 is 2.80 bits per heavy atom. The van der Waals surface area contributed by atoms with Gasteiger partial charge in [-0.3, -0.25) is 4.79 Å². The van der Waals surface area contributed by atoms with Gasteiger partial charge < -0.3 is 9.40 Å². The van der Waals surface area contributed by atoms with E-state index in [1.165, 1.54) is 6.20 Å². The predicted molar refractivity (Wildman–Crippen MR) is 88.6 cm³/mol. The molecule has 0 saturated carbocycles. The summed E-state index contributed by atoms with van der Waals surface area (Å²) in [7, 11) is -3.09. The van der Waals surface area contributed by atoms with Crippen LogP contribution in [-0.4, -0.2) is 44.7 Å². The fourth-order valence-electron chi connectivity index (χ4n) is 2.84. The first-order chi connectivity index (χ1) is 11.9. The maximum absolute atomic E-state index is 11.8. The van der Waals surface area contributed by atoms with Gasteiger partial charge in [0.05, 0.1) is 23.7 Å². The van der Waals surface area contributed by atoms with Crippen molar-refractivity contribution in [2.24, 2.45) is 0 Å². The van der Waals surface area contributed by atoms with E-state index in [0.717, 1.165) is 12.0 Å². The Morgan fingerprint density at radius 1 is 1.36 bits per heavy atom. The lowest BCUT2D eigenvalue weighted by atomic mass is 10.2. The first-order valence-corrected chi connectivity index (χ1v) is 9.52. The van der Waals surface area contributed by atoms with Gasteiger partial charge in [0.15, 0.2) is 21.4 Å². The molecule has 1 aliphatic heterocycles. The number of aryl methyl sites for hydroxylation is 1. The minimum absolute atomic E-state index is 0.00331. The molecular weight excluding hydrogens is 346 g/mol. The molecule has 1 aliphatic rings. The van der Waals surface area contributed by atoms with E-state index in [1.54, 1.807) is 16.8 Å². The monoisotopic (exact) mass is 361 g/mol. The van der Waals surface area contributed by atoms with Crippen LogP contribution in [0.5, 0.6) is 0 Å². The second-order valence-corrected chi connectivity index (χ2v) is 8.20. The van der Waals surface area contributed by atoms with Gasteiger partial charge in [-0.1, -0.05) is 0 Å². The van der Waals surface area contributed by atoms with E-state index in [-0.39, 0.29) is 23.1 Å². The summed E-state index contributed by atoms with van der Waals surface area (Å²) < 4.78 is 30.8. The van der Waals surface area contributed by atoms with Crippen LogP contribution in [0.15, 0.2) is 33.7 Å². The Labute approximate surface area is 142 Å². The number of rotatable bonds is 3. The van der Waals surface area contributed by atoms with Crippen LogP contribution in [-0.2, 0) is 9.84 Å². The van der Waals surface area contributed by atoms with E-state index in [9.17, 15) is 13.2 Å². The second-order valence-electron chi connectivity index (χ2n) is 5.97. The van der Waals surface area contributed by atoms with Gasteiger partial charge in [0.1, 0.15) is 11.5 Å². The molecule has 130 valence electrons. The van der Waals surface area contributed by atoms with Crippen LogP contribution in [0.3, 0.4) is 0 Å². The third-order valence-corrected chi connectivity index (χ3v) is 5.80.